The highest BCUT2D eigenvalue weighted by Gasteiger charge is 2.21. The molecule has 1 atom stereocenters. The summed E-state index contributed by atoms with van der Waals surface area (Å²) in [5.41, 5.74) is 3.11. The molecule has 0 heterocycles. The van der Waals surface area contributed by atoms with Crippen LogP contribution < -0.4 is 0 Å². The Morgan fingerprint density at radius 1 is 1.35 bits per heavy atom. The van der Waals surface area contributed by atoms with Crippen LogP contribution >= 0.6 is 0 Å². The molecule has 0 aliphatic heterocycles. The van der Waals surface area contributed by atoms with E-state index in [0.29, 0.717) is 6.42 Å². The molecular formula is C14H21NO2. The van der Waals surface area contributed by atoms with Gasteiger partial charge >= 0.3 is 5.97 Å². The Kier molecular flexibility index (Phi) is 4.70. The van der Waals surface area contributed by atoms with Gasteiger partial charge in [0.05, 0.1) is 5.92 Å². The lowest BCUT2D eigenvalue weighted by Gasteiger charge is -2.18. The van der Waals surface area contributed by atoms with Crippen LogP contribution in [0.5, 0.6) is 0 Å². The van der Waals surface area contributed by atoms with E-state index in [1.165, 1.54) is 0 Å². The van der Waals surface area contributed by atoms with Crippen molar-refractivity contribution in [3.8, 4) is 0 Å². The Morgan fingerprint density at radius 3 is 2.53 bits per heavy atom. The summed E-state index contributed by atoms with van der Waals surface area (Å²) in [6, 6.07) is 6.00. The van der Waals surface area contributed by atoms with Crippen molar-refractivity contribution in [2.24, 2.45) is 0 Å². The average Bonchev–Trinajstić information content (AvgIpc) is 2.22. The Bertz CT molecular complexity index is 399. The summed E-state index contributed by atoms with van der Waals surface area (Å²) < 4.78 is 0. The molecule has 0 spiro atoms. The number of nitrogens with zero attached hydrogens (tertiary/aromatic N) is 1. The van der Waals surface area contributed by atoms with Crippen LogP contribution in [-0.4, -0.2) is 36.6 Å². The predicted octanol–water partition coefficient (Wildman–Crippen LogP) is 2.42. The van der Waals surface area contributed by atoms with Crippen molar-refractivity contribution in [2.75, 3.05) is 20.6 Å². The van der Waals surface area contributed by atoms with Crippen LogP contribution in [0.2, 0.25) is 0 Å². The molecule has 94 valence electrons. The van der Waals surface area contributed by atoms with Crippen molar-refractivity contribution in [1.29, 1.82) is 0 Å². The fourth-order valence-corrected chi connectivity index (χ4v) is 1.93. The third-order valence-electron chi connectivity index (χ3n) is 2.97. The first-order valence-electron chi connectivity index (χ1n) is 5.86. The molecule has 1 aromatic carbocycles. The monoisotopic (exact) mass is 235 g/mol. The molecule has 3 nitrogen and oxygen atoms in total. The molecule has 1 aromatic rings. The number of carbonyl (C=O) groups is 1. The molecule has 3 heteroatoms. The van der Waals surface area contributed by atoms with Gasteiger partial charge in [-0.3, -0.25) is 4.79 Å². The van der Waals surface area contributed by atoms with Crippen LogP contribution in [0.25, 0.3) is 0 Å². The number of benzene rings is 1. The molecule has 0 amide bonds. The fourth-order valence-electron chi connectivity index (χ4n) is 1.93. The van der Waals surface area contributed by atoms with E-state index in [9.17, 15) is 9.90 Å². The number of carboxylic acid groups (broad SMARTS) is 1. The third-order valence-corrected chi connectivity index (χ3v) is 2.97. The number of hydrogen-bond donors (Lipinski definition) is 1. The molecule has 0 saturated heterocycles. The Morgan fingerprint density at radius 2 is 2.00 bits per heavy atom. The van der Waals surface area contributed by atoms with Gasteiger partial charge in [0.2, 0.25) is 0 Å². The highest BCUT2D eigenvalue weighted by atomic mass is 16.4. The minimum Gasteiger partial charge on any atom is -0.481 e. The maximum Gasteiger partial charge on any atom is 0.311 e. The van der Waals surface area contributed by atoms with Crippen LogP contribution in [0.3, 0.4) is 0 Å². The molecule has 0 aliphatic rings. The summed E-state index contributed by atoms with van der Waals surface area (Å²) in [5, 5.41) is 9.34. The highest BCUT2D eigenvalue weighted by Crippen LogP contribution is 2.24. The Balaban J connectivity index is 2.97. The van der Waals surface area contributed by atoms with Gasteiger partial charge in [-0.1, -0.05) is 23.8 Å². The third kappa shape index (κ3) is 3.86. The quantitative estimate of drug-likeness (QED) is 0.852. The van der Waals surface area contributed by atoms with E-state index in [0.717, 1.165) is 23.2 Å². The number of carboxylic acids is 1. The molecule has 17 heavy (non-hydrogen) atoms. The lowest BCUT2D eigenvalue weighted by atomic mass is 9.90. The highest BCUT2D eigenvalue weighted by molar-refractivity contribution is 5.76. The lowest BCUT2D eigenvalue weighted by Crippen LogP contribution is -2.21. The SMILES string of the molecule is Cc1ccc(C)c(C(CCN(C)C)C(=O)O)c1. The molecular weight excluding hydrogens is 214 g/mol. The number of hydrogen-bond acceptors (Lipinski definition) is 2. The van der Waals surface area contributed by atoms with E-state index in [2.05, 4.69) is 0 Å². The van der Waals surface area contributed by atoms with Gasteiger partial charge in [0.25, 0.3) is 0 Å². The van der Waals surface area contributed by atoms with Gasteiger partial charge in [-0.05, 0) is 52.0 Å². The number of aliphatic carboxylic acids is 1. The van der Waals surface area contributed by atoms with Gasteiger partial charge in [-0.15, -0.1) is 0 Å². The van der Waals surface area contributed by atoms with E-state index >= 15 is 0 Å². The van der Waals surface area contributed by atoms with Gasteiger partial charge in [0.15, 0.2) is 0 Å². The minimum absolute atomic E-state index is 0.405. The van der Waals surface area contributed by atoms with Crippen molar-refractivity contribution in [2.45, 2.75) is 26.2 Å². The average molecular weight is 235 g/mol. The molecule has 0 saturated carbocycles. The maximum atomic E-state index is 11.4. The zero-order valence-electron chi connectivity index (χ0n) is 11.0. The van der Waals surface area contributed by atoms with Gasteiger partial charge in [0, 0.05) is 0 Å². The van der Waals surface area contributed by atoms with Crippen molar-refractivity contribution in [3.05, 3.63) is 34.9 Å². The largest absolute Gasteiger partial charge is 0.481 e. The molecule has 0 aliphatic carbocycles. The first-order valence-corrected chi connectivity index (χ1v) is 5.86. The topological polar surface area (TPSA) is 40.5 Å². The first-order chi connectivity index (χ1) is 7.91. The van der Waals surface area contributed by atoms with Crippen LogP contribution in [0.1, 0.15) is 29.0 Å². The number of rotatable bonds is 5. The maximum absolute atomic E-state index is 11.4. The van der Waals surface area contributed by atoms with E-state index < -0.39 is 11.9 Å². The second-order valence-corrected chi connectivity index (χ2v) is 4.84. The van der Waals surface area contributed by atoms with E-state index in [-0.39, 0.29) is 0 Å². The standard InChI is InChI=1S/C14H21NO2/c1-10-5-6-11(2)13(9-10)12(14(16)17)7-8-15(3)4/h5-6,9,12H,7-8H2,1-4H3,(H,16,17). The van der Waals surface area contributed by atoms with Crippen molar-refractivity contribution >= 4 is 5.97 Å². The van der Waals surface area contributed by atoms with Crippen molar-refractivity contribution < 1.29 is 9.90 Å². The lowest BCUT2D eigenvalue weighted by molar-refractivity contribution is -0.139. The minimum atomic E-state index is -0.736. The second-order valence-electron chi connectivity index (χ2n) is 4.84. The molecule has 1 rings (SSSR count). The van der Waals surface area contributed by atoms with Crippen LogP contribution in [0, 0.1) is 13.8 Å². The molecule has 1 N–H and O–H groups in total. The van der Waals surface area contributed by atoms with Crippen molar-refractivity contribution in [3.63, 3.8) is 0 Å². The molecule has 1 unspecified atom stereocenters. The summed E-state index contributed by atoms with van der Waals surface area (Å²) in [5.74, 6) is -1.14. The zero-order chi connectivity index (χ0) is 13.0. The Labute approximate surface area is 103 Å². The smallest absolute Gasteiger partial charge is 0.311 e. The van der Waals surface area contributed by atoms with Gasteiger partial charge in [0.1, 0.15) is 0 Å². The first kappa shape index (κ1) is 13.7. The van der Waals surface area contributed by atoms with Gasteiger partial charge in [-0.2, -0.15) is 0 Å². The van der Waals surface area contributed by atoms with Crippen LogP contribution in [0.15, 0.2) is 18.2 Å². The van der Waals surface area contributed by atoms with E-state index in [4.69, 9.17) is 0 Å². The van der Waals surface area contributed by atoms with Gasteiger partial charge < -0.3 is 10.0 Å². The summed E-state index contributed by atoms with van der Waals surface area (Å²) in [4.78, 5) is 13.4. The number of aryl methyl sites for hydroxylation is 2. The van der Waals surface area contributed by atoms with E-state index in [1.807, 2.05) is 51.0 Å². The molecule has 0 bridgehead atoms. The van der Waals surface area contributed by atoms with Crippen LogP contribution in [-0.2, 0) is 4.79 Å². The van der Waals surface area contributed by atoms with Gasteiger partial charge in [-0.25, -0.2) is 0 Å². The Hall–Kier alpha value is -1.35. The molecule has 0 fully saturated rings. The fraction of sp³-hybridized carbons (Fsp3) is 0.500. The van der Waals surface area contributed by atoms with E-state index in [1.54, 1.807) is 0 Å². The molecule has 0 radical (unpaired) electrons. The summed E-state index contributed by atoms with van der Waals surface area (Å²) >= 11 is 0. The molecule has 0 aromatic heterocycles. The second kappa shape index (κ2) is 5.82. The van der Waals surface area contributed by atoms with Crippen LogP contribution in [0.4, 0.5) is 0 Å². The zero-order valence-corrected chi connectivity index (χ0v) is 11.0. The predicted molar refractivity (Wildman–Crippen MR) is 69.5 cm³/mol. The summed E-state index contributed by atoms with van der Waals surface area (Å²) in [6.45, 7) is 4.75. The van der Waals surface area contributed by atoms with Crippen molar-refractivity contribution in [1.82, 2.24) is 4.90 Å². The normalized spacial score (nSPS) is 12.8. The summed E-state index contributed by atoms with van der Waals surface area (Å²) in [6.07, 6.45) is 0.645. The summed E-state index contributed by atoms with van der Waals surface area (Å²) in [7, 11) is 3.92.